The molecule has 5 nitrogen and oxygen atoms in total. The number of nitrogen functional groups attached to an aromatic ring is 1. The highest BCUT2D eigenvalue weighted by Gasteiger charge is 2.22. The number of hydrogen-bond donors (Lipinski definition) is 1. The van der Waals surface area contributed by atoms with E-state index in [1.54, 1.807) is 12.4 Å². The van der Waals surface area contributed by atoms with Crippen molar-refractivity contribution >= 4 is 11.5 Å². The Morgan fingerprint density at radius 2 is 2.33 bits per heavy atom. The number of nitrogens with two attached hydrogens (primary N) is 1. The number of hydrogen-bond acceptors (Lipinski definition) is 4. The third-order valence-corrected chi connectivity index (χ3v) is 3.53. The van der Waals surface area contributed by atoms with E-state index in [1.807, 2.05) is 10.6 Å². The SMILES string of the molecule is CC1CCCC(Oc2nc(N)cn3ccnc23)C1. The van der Waals surface area contributed by atoms with Crippen LogP contribution in [0.3, 0.4) is 0 Å². The van der Waals surface area contributed by atoms with Gasteiger partial charge in [0.2, 0.25) is 5.65 Å². The molecule has 96 valence electrons. The minimum atomic E-state index is 0.239. The van der Waals surface area contributed by atoms with Crippen molar-refractivity contribution in [3.05, 3.63) is 18.6 Å². The van der Waals surface area contributed by atoms with E-state index in [-0.39, 0.29) is 6.10 Å². The van der Waals surface area contributed by atoms with Gasteiger partial charge in [0.15, 0.2) is 0 Å². The number of rotatable bonds is 2. The largest absolute Gasteiger partial charge is 0.472 e. The Morgan fingerprint density at radius 3 is 3.17 bits per heavy atom. The quantitative estimate of drug-likeness (QED) is 0.882. The fourth-order valence-electron chi connectivity index (χ4n) is 2.64. The number of anilines is 1. The first-order valence-corrected chi connectivity index (χ1v) is 6.48. The summed E-state index contributed by atoms with van der Waals surface area (Å²) in [7, 11) is 0. The van der Waals surface area contributed by atoms with Crippen LogP contribution < -0.4 is 10.5 Å². The molecular weight excluding hydrogens is 228 g/mol. The topological polar surface area (TPSA) is 65.4 Å². The molecule has 2 unspecified atom stereocenters. The van der Waals surface area contributed by atoms with Gasteiger partial charge in [-0.1, -0.05) is 13.3 Å². The first kappa shape index (κ1) is 11.3. The van der Waals surface area contributed by atoms with Crippen LogP contribution in [0.4, 0.5) is 5.82 Å². The summed E-state index contributed by atoms with van der Waals surface area (Å²) in [6, 6.07) is 0. The van der Waals surface area contributed by atoms with Crippen LogP contribution in [0.2, 0.25) is 0 Å². The Bertz CT molecular complexity index is 551. The van der Waals surface area contributed by atoms with Crippen molar-refractivity contribution < 1.29 is 4.74 Å². The van der Waals surface area contributed by atoms with E-state index in [0.717, 1.165) is 24.4 Å². The minimum absolute atomic E-state index is 0.239. The molecule has 1 aliphatic rings. The van der Waals surface area contributed by atoms with Crippen LogP contribution in [0.5, 0.6) is 5.88 Å². The van der Waals surface area contributed by atoms with E-state index < -0.39 is 0 Å². The Balaban J connectivity index is 1.87. The van der Waals surface area contributed by atoms with Crippen molar-refractivity contribution in [1.29, 1.82) is 0 Å². The number of nitrogens with zero attached hydrogens (tertiary/aromatic N) is 3. The van der Waals surface area contributed by atoms with Gasteiger partial charge in [-0.3, -0.25) is 4.40 Å². The Morgan fingerprint density at radius 1 is 1.44 bits per heavy atom. The maximum atomic E-state index is 6.00. The van der Waals surface area contributed by atoms with Crippen molar-refractivity contribution in [2.24, 2.45) is 5.92 Å². The van der Waals surface area contributed by atoms with Crippen molar-refractivity contribution in [2.45, 2.75) is 38.7 Å². The van der Waals surface area contributed by atoms with Gasteiger partial charge in [0.05, 0.1) is 6.20 Å². The second kappa shape index (κ2) is 4.48. The Hall–Kier alpha value is -1.78. The zero-order valence-electron chi connectivity index (χ0n) is 10.5. The third-order valence-electron chi connectivity index (χ3n) is 3.53. The molecule has 0 aliphatic heterocycles. The van der Waals surface area contributed by atoms with Gasteiger partial charge in [-0.25, -0.2) is 4.98 Å². The van der Waals surface area contributed by atoms with Crippen LogP contribution in [-0.2, 0) is 0 Å². The lowest BCUT2D eigenvalue weighted by Gasteiger charge is -2.26. The van der Waals surface area contributed by atoms with Crippen molar-refractivity contribution in [3.63, 3.8) is 0 Å². The lowest BCUT2D eigenvalue weighted by atomic mass is 9.89. The molecule has 18 heavy (non-hydrogen) atoms. The summed E-state index contributed by atoms with van der Waals surface area (Å²) in [5.74, 6) is 1.74. The molecule has 1 aliphatic carbocycles. The smallest absolute Gasteiger partial charge is 0.260 e. The molecule has 2 atom stereocenters. The van der Waals surface area contributed by atoms with Crippen LogP contribution >= 0.6 is 0 Å². The fourth-order valence-corrected chi connectivity index (χ4v) is 2.64. The summed E-state index contributed by atoms with van der Waals surface area (Å²) >= 11 is 0. The molecule has 0 spiro atoms. The molecule has 1 fully saturated rings. The van der Waals surface area contributed by atoms with E-state index in [9.17, 15) is 0 Å². The normalized spacial score (nSPS) is 24.3. The van der Waals surface area contributed by atoms with Crippen LogP contribution in [0.25, 0.3) is 5.65 Å². The fraction of sp³-hybridized carbons (Fsp3) is 0.538. The number of aromatic nitrogens is 3. The van der Waals surface area contributed by atoms with Crippen LogP contribution in [0, 0.1) is 5.92 Å². The van der Waals surface area contributed by atoms with Crippen molar-refractivity contribution in [2.75, 3.05) is 5.73 Å². The molecule has 0 radical (unpaired) electrons. The molecule has 2 aromatic rings. The van der Waals surface area contributed by atoms with E-state index >= 15 is 0 Å². The van der Waals surface area contributed by atoms with Gasteiger partial charge in [0, 0.05) is 12.4 Å². The lowest BCUT2D eigenvalue weighted by molar-refractivity contribution is 0.125. The first-order valence-electron chi connectivity index (χ1n) is 6.48. The van der Waals surface area contributed by atoms with Gasteiger partial charge >= 0.3 is 0 Å². The van der Waals surface area contributed by atoms with Gasteiger partial charge in [0.25, 0.3) is 5.88 Å². The molecule has 0 bridgehead atoms. The second-order valence-electron chi connectivity index (χ2n) is 5.14. The highest BCUT2D eigenvalue weighted by Crippen LogP contribution is 2.28. The van der Waals surface area contributed by atoms with Gasteiger partial charge in [0.1, 0.15) is 11.9 Å². The van der Waals surface area contributed by atoms with Gasteiger partial charge in [-0.15, -0.1) is 0 Å². The first-order chi connectivity index (χ1) is 8.72. The van der Waals surface area contributed by atoms with Gasteiger partial charge < -0.3 is 10.5 Å². The lowest BCUT2D eigenvalue weighted by Crippen LogP contribution is -2.24. The second-order valence-corrected chi connectivity index (χ2v) is 5.14. The van der Waals surface area contributed by atoms with Crippen LogP contribution in [0.15, 0.2) is 18.6 Å². The molecule has 2 aromatic heterocycles. The monoisotopic (exact) mass is 246 g/mol. The number of fused-ring (bicyclic) bond motifs is 1. The summed E-state index contributed by atoms with van der Waals surface area (Å²) in [5, 5.41) is 0. The van der Waals surface area contributed by atoms with E-state index in [0.29, 0.717) is 11.7 Å². The molecule has 2 N–H and O–H groups in total. The highest BCUT2D eigenvalue weighted by molar-refractivity contribution is 5.52. The summed E-state index contributed by atoms with van der Waals surface area (Å²) in [6.07, 6.45) is 10.3. The summed E-state index contributed by atoms with van der Waals surface area (Å²) in [6.45, 7) is 2.27. The predicted octanol–water partition coefficient (Wildman–Crippen LogP) is 2.27. The average molecular weight is 246 g/mol. The van der Waals surface area contributed by atoms with Crippen LogP contribution in [-0.4, -0.2) is 20.5 Å². The highest BCUT2D eigenvalue weighted by atomic mass is 16.5. The predicted molar refractivity (Wildman–Crippen MR) is 69.4 cm³/mol. The maximum absolute atomic E-state index is 6.00. The summed E-state index contributed by atoms with van der Waals surface area (Å²) in [4.78, 5) is 8.53. The molecule has 2 heterocycles. The molecule has 1 saturated carbocycles. The maximum Gasteiger partial charge on any atom is 0.260 e. The average Bonchev–Trinajstić information content (AvgIpc) is 2.77. The molecule has 5 heteroatoms. The standard InChI is InChI=1S/C13H18N4O/c1-9-3-2-4-10(7-9)18-13-12-15-5-6-17(12)8-11(14)16-13/h5-6,8-10H,2-4,7,14H2,1H3. The molecule has 0 saturated heterocycles. The summed E-state index contributed by atoms with van der Waals surface area (Å²) < 4.78 is 7.85. The third kappa shape index (κ3) is 2.12. The molecule has 0 amide bonds. The zero-order chi connectivity index (χ0) is 12.5. The molecular formula is C13H18N4O. The van der Waals surface area contributed by atoms with Crippen molar-refractivity contribution in [3.8, 4) is 5.88 Å². The van der Waals surface area contributed by atoms with Crippen molar-refractivity contribution in [1.82, 2.24) is 14.4 Å². The van der Waals surface area contributed by atoms with E-state index in [2.05, 4.69) is 16.9 Å². The minimum Gasteiger partial charge on any atom is -0.472 e. The van der Waals surface area contributed by atoms with E-state index in [4.69, 9.17) is 10.5 Å². The van der Waals surface area contributed by atoms with Gasteiger partial charge in [-0.2, -0.15) is 4.98 Å². The molecule has 3 rings (SSSR count). The number of ether oxygens (including phenoxy) is 1. The van der Waals surface area contributed by atoms with E-state index in [1.165, 1.54) is 12.8 Å². The zero-order valence-corrected chi connectivity index (χ0v) is 10.5. The van der Waals surface area contributed by atoms with Crippen LogP contribution in [0.1, 0.15) is 32.6 Å². The Labute approximate surface area is 106 Å². The Kier molecular flexibility index (Phi) is 2.81. The molecule has 0 aromatic carbocycles. The van der Waals surface area contributed by atoms with Gasteiger partial charge in [-0.05, 0) is 25.2 Å². The summed E-state index contributed by atoms with van der Waals surface area (Å²) in [5.41, 5.74) is 6.51. The number of imidazole rings is 1.